The van der Waals surface area contributed by atoms with Gasteiger partial charge in [0, 0.05) is 17.7 Å². The van der Waals surface area contributed by atoms with E-state index in [0.29, 0.717) is 30.2 Å². The molecule has 8 nitrogen and oxygen atoms in total. The smallest absolute Gasteiger partial charge is 0.397 e. The zero-order chi connectivity index (χ0) is 24.6. The van der Waals surface area contributed by atoms with Gasteiger partial charge in [0.1, 0.15) is 11.5 Å². The molecule has 0 aliphatic heterocycles. The number of carbonyl (C=O) groups excluding carboxylic acids is 3. The quantitative estimate of drug-likeness (QED) is 0.447. The molecule has 0 radical (unpaired) electrons. The van der Waals surface area contributed by atoms with Crippen molar-refractivity contribution in [2.24, 2.45) is 0 Å². The number of carbonyl (C=O) groups is 3. The van der Waals surface area contributed by atoms with Gasteiger partial charge in [-0.15, -0.1) is 0 Å². The van der Waals surface area contributed by atoms with Crippen molar-refractivity contribution in [1.82, 2.24) is 0 Å². The van der Waals surface area contributed by atoms with Crippen LogP contribution < -0.4 is 20.1 Å². The lowest BCUT2D eigenvalue weighted by atomic mass is 9.87. The fraction of sp³-hybridized carbons (Fsp3) is 0.400. The van der Waals surface area contributed by atoms with Crippen molar-refractivity contribution in [2.75, 3.05) is 30.5 Å². The van der Waals surface area contributed by atoms with Crippen molar-refractivity contribution in [1.29, 1.82) is 0 Å². The van der Waals surface area contributed by atoms with Crippen molar-refractivity contribution in [3.63, 3.8) is 0 Å². The van der Waals surface area contributed by atoms with Crippen LogP contribution in [0.1, 0.15) is 57.5 Å². The standard InChI is InChI=1S/C25H32N2O6/c1-7-31-20-15-19(27-23(29)24(30)33-9-3)21(32-8-2)14-18(20)26-22(28)16-10-12-17(13-11-16)25(4,5)6/h10-15H,7-9H2,1-6H3,(H,26,28)(H,27,29). The van der Waals surface area contributed by atoms with E-state index in [2.05, 4.69) is 31.4 Å². The molecule has 0 spiro atoms. The van der Waals surface area contributed by atoms with Crippen molar-refractivity contribution < 1.29 is 28.6 Å². The maximum atomic E-state index is 12.9. The number of hydrogen-bond acceptors (Lipinski definition) is 6. The predicted molar refractivity (Wildman–Crippen MR) is 127 cm³/mol. The van der Waals surface area contributed by atoms with E-state index >= 15 is 0 Å². The van der Waals surface area contributed by atoms with Crippen LogP contribution in [0.5, 0.6) is 11.5 Å². The highest BCUT2D eigenvalue weighted by Crippen LogP contribution is 2.37. The molecule has 0 atom stereocenters. The van der Waals surface area contributed by atoms with Gasteiger partial charge in [0.2, 0.25) is 0 Å². The Labute approximate surface area is 194 Å². The van der Waals surface area contributed by atoms with Crippen molar-refractivity contribution in [2.45, 2.75) is 47.0 Å². The van der Waals surface area contributed by atoms with Gasteiger partial charge in [0.05, 0.1) is 31.2 Å². The maximum Gasteiger partial charge on any atom is 0.397 e. The van der Waals surface area contributed by atoms with Crippen LogP contribution in [-0.2, 0) is 19.7 Å². The van der Waals surface area contributed by atoms with Gasteiger partial charge >= 0.3 is 11.9 Å². The van der Waals surface area contributed by atoms with E-state index in [9.17, 15) is 14.4 Å². The predicted octanol–water partition coefficient (Wildman–Crippen LogP) is 4.54. The summed E-state index contributed by atoms with van der Waals surface area (Å²) in [6.45, 7) is 12.2. The third-order valence-corrected chi connectivity index (χ3v) is 4.65. The number of rotatable bonds is 8. The second-order valence-electron chi connectivity index (χ2n) is 8.17. The molecule has 2 rings (SSSR count). The first-order chi connectivity index (χ1) is 15.6. The van der Waals surface area contributed by atoms with Crippen LogP contribution in [0.2, 0.25) is 0 Å². The summed E-state index contributed by atoms with van der Waals surface area (Å²) in [6.07, 6.45) is 0. The topological polar surface area (TPSA) is 103 Å². The minimum absolute atomic E-state index is 0.0205. The number of ether oxygens (including phenoxy) is 3. The molecular weight excluding hydrogens is 424 g/mol. The number of hydrogen-bond donors (Lipinski definition) is 2. The minimum Gasteiger partial charge on any atom is -0.492 e. The highest BCUT2D eigenvalue weighted by atomic mass is 16.5. The minimum atomic E-state index is -1.01. The summed E-state index contributed by atoms with van der Waals surface area (Å²) in [7, 11) is 0. The SMILES string of the molecule is CCOC(=O)C(=O)Nc1cc(OCC)c(NC(=O)c2ccc(C(C)(C)C)cc2)cc1OCC. The van der Waals surface area contributed by atoms with E-state index in [-0.39, 0.29) is 29.4 Å². The average Bonchev–Trinajstić information content (AvgIpc) is 2.76. The molecule has 33 heavy (non-hydrogen) atoms. The number of benzene rings is 2. The van der Waals surface area contributed by atoms with E-state index in [0.717, 1.165) is 5.56 Å². The van der Waals surface area contributed by atoms with Crippen LogP contribution in [0.4, 0.5) is 11.4 Å². The van der Waals surface area contributed by atoms with Gasteiger partial charge in [-0.2, -0.15) is 0 Å². The Kier molecular flexibility index (Phi) is 8.85. The van der Waals surface area contributed by atoms with Crippen molar-refractivity contribution in [3.8, 4) is 11.5 Å². The fourth-order valence-corrected chi connectivity index (χ4v) is 2.99. The molecule has 2 aromatic carbocycles. The molecule has 0 aliphatic rings. The molecule has 178 valence electrons. The van der Waals surface area contributed by atoms with E-state index in [4.69, 9.17) is 14.2 Å². The van der Waals surface area contributed by atoms with E-state index < -0.39 is 11.9 Å². The average molecular weight is 457 g/mol. The van der Waals surface area contributed by atoms with Crippen molar-refractivity contribution >= 4 is 29.2 Å². The van der Waals surface area contributed by atoms with Gasteiger partial charge < -0.3 is 24.8 Å². The number of esters is 1. The Balaban J connectivity index is 2.35. The second kappa shape index (κ2) is 11.4. The van der Waals surface area contributed by atoms with Gasteiger partial charge in [0.15, 0.2) is 0 Å². The van der Waals surface area contributed by atoms with Gasteiger partial charge in [0.25, 0.3) is 5.91 Å². The molecule has 0 bridgehead atoms. The Bertz CT molecular complexity index is 993. The summed E-state index contributed by atoms with van der Waals surface area (Å²) in [4.78, 5) is 36.7. The summed E-state index contributed by atoms with van der Waals surface area (Å²) in [5.41, 5.74) is 2.19. The number of anilines is 2. The monoisotopic (exact) mass is 456 g/mol. The molecule has 2 N–H and O–H groups in total. The highest BCUT2D eigenvalue weighted by Gasteiger charge is 2.21. The first-order valence-electron chi connectivity index (χ1n) is 10.9. The lowest BCUT2D eigenvalue weighted by molar-refractivity contribution is -0.152. The van der Waals surface area contributed by atoms with Crippen LogP contribution in [0.15, 0.2) is 36.4 Å². The molecule has 0 aromatic heterocycles. The molecule has 8 heteroatoms. The van der Waals surface area contributed by atoms with Gasteiger partial charge in [-0.25, -0.2) is 4.79 Å². The molecule has 0 heterocycles. The summed E-state index contributed by atoms with van der Waals surface area (Å²) >= 11 is 0. The molecule has 0 saturated heterocycles. The lowest BCUT2D eigenvalue weighted by Crippen LogP contribution is -2.25. The Morgan fingerprint density at radius 3 is 1.76 bits per heavy atom. The molecule has 0 fully saturated rings. The molecule has 0 saturated carbocycles. The van der Waals surface area contributed by atoms with Crippen LogP contribution in [0.3, 0.4) is 0 Å². The number of nitrogens with one attached hydrogen (secondary N) is 2. The molecule has 0 aliphatic carbocycles. The summed E-state index contributed by atoms with van der Waals surface area (Å²) in [6, 6.07) is 10.5. The van der Waals surface area contributed by atoms with Gasteiger partial charge in [-0.3, -0.25) is 9.59 Å². The normalized spacial score (nSPS) is 10.8. The highest BCUT2D eigenvalue weighted by molar-refractivity contribution is 6.37. The van der Waals surface area contributed by atoms with Gasteiger partial charge in [-0.05, 0) is 43.9 Å². The lowest BCUT2D eigenvalue weighted by Gasteiger charge is -2.19. The maximum absolute atomic E-state index is 12.9. The zero-order valence-electron chi connectivity index (χ0n) is 20.0. The third kappa shape index (κ3) is 6.97. The zero-order valence-corrected chi connectivity index (χ0v) is 20.0. The van der Waals surface area contributed by atoms with Crippen LogP contribution in [-0.4, -0.2) is 37.6 Å². The van der Waals surface area contributed by atoms with Gasteiger partial charge in [-0.1, -0.05) is 32.9 Å². The van der Waals surface area contributed by atoms with E-state index in [1.807, 2.05) is 12.1 Å². The first kappa shape index (κ1) is 25.7. The molecule has 2 amide bonds. The molecule has 0 unspecified atom stereocenters. The van der Waals surface area contributed by atoms with Crippen LogP contribution in [0.25, 0.3) is 0 Å². The Morgan fingerprint density at radius 2 is 1.30 bits per heavy atom. The van der Waals surface area contributed by atoms with Crippen LogP contribution in [0, 0.1) is 0 Å². The van der Waals surface area contributed by atoms with E-state index in [1.165, 1.54) is 6.07 Å². The molecule has 2 aromatic rings. The van der Waals surface area contributed by atoms with Crippen molar-refractivity contribution in [3.05, 3.63) is 47.5 Å². The summed E-state index contributed by atoms with van der Waals surface area (Å²) in [5.74, 6) is -1.66. The Hall–Kier alpha value is -3.55. The Morgan fingerprint density at radius 1 is 0.788 bits per heavy atom. The second-order valence-corrected chi connectivity index (χ2v) is 8.17. The summed E-state index contributed by atoms with van der Waals surface area (Å²) in [5, 5.41) is 5.32. The summed E-state index contributed by atoms with van der Waals surface area (Å²) < 4.78 is 16.0. The third-order valence-electron chi connectivity index (χ3n) is 4.65. The number of amides is 2. The largest absolute Gasteiger partial charge is 0.492 e. The van der Waals surface area contributed by atoms with E-state index in [1.54, 1.807) is 39.0 Å². The molecular formula is C25H32N2O6. The van der Waals surface area contributed by atoms with Crippen LogP contribution >= 0.6 is 0 Å². The first-order valence-corrected chi connectivity index (χ1v) is 10.9. The fourth-order valence-electron chi connectivity index (χ4n) is 2.99.